The van der Waals surface area contributed by atoms with Gasteiger partial charge >= 0.3 is 0 Å². The van der Waals surface area contributed by atoms with E-state index in [1.54, 1.807) is 38.4 Å². The summed E-state index contributed by atoms with van der Waals surface area (Å²) in [5, 5.41) is 16.4. The Labute approximate surface area is 127 Å². The first-order valence-electron chi connectivity index (χ1n) is 6.46. The van der Waals surface area contributed by atoms with Gasteiger partial charge in [-0.25, -0.2) is 0 Å². The lowest BCUT2D eigenvalue weighted by Crippen LogP contribution is -2.12. The fourth-order valence-electron chi connectivity index (χ4n) is 1.91. The van der Waals surface area contributed by atoms with Gasteiger partial charge in [0.2, 0.25) is 0 Å². The van der Waals surface area contributed by atoms with Crippen molar-refractivity contribution < 1.29 is 14.5 Å². The second kappa shape index (κ2) is 6.57. The first-order valence-corrected chi connectivity index (χ1v) is 6.46. The van der Waals surface area contributed by atoms with Crippen LogP contribution in [0.4, 0.5) is 17.1 Å². The number of hydrogen-bond acceptors (Lipinski definition) is 5. The molecule has 7 heteroatoms. The fourth-order valence-corrected chi connectivity index (χ4v) is 1.91. The van der Waals surface area contributed by atoms with Crippen LogP contribution in [-0.2, 0) is 0 Å². The number of rotatable bonds is 5. The molecule has 114 valence electrons. The normalized spacial score (nSPS) is 9.91. The summed E-state index contributed by atoms with van der Waals surface area (Å²) in [4.78, 5) is 22.6. The smallest absolute Gasteiger partial charge is 0.293 e. The number of carbonyl (C=O) groups excluding carboxylic acids is 1. The number of methoxy groups -OCH3 is 1. The van der Waals surface area contributed by atoms with E-state index in [1.165, 1.54) is 18.2 Å². The lowest BCUT2D eigenvalue weighted by atomic mass is 10.1. The average Bonchev–Trinajstić information content (AvgIpc) is 2.54. The zero-order valence-electron chi connectivity index (χ0n) is 12.1. The van der Waals surface area contributed by atoms with Gasteiger partial charge in [-0.2, -0.15) is 0 Å². The molecular formula is C15H15N3O4. The van der Waals surface area contributed by atoms with Crippen LogP contribution in [0.1, 0.15) is 10.4 Å². The van der Waals surface area contributed by atoms with E-state index < -0.39 is 10.8 Å². The second-order valence-corrected chi connectivity index (χ2v) is 4.42. The number of nitro benzene ring substituents is 1. The SMILES string of the molecule is CNc1ccc(C(=O)Nc2ccc(OC)cc2)cc1[N+](=O)[O-]. The maximum atomic E-state index is 12.2. The molecular weight excluding hydrogens is 286 g/mol. The fraction of sp³-hybridized carbons (Fsp3) is 0.133. The maximum absolute atomic E-state index is 12.2. The lowest BCUT2D eigenvalue weighted by molar-refractivity contribution is -0.384. The molecule has 0 aliphatic carbocycles. The van der Waals surface area contributed by atoms with E-state index in [1.807, 2.05) is 0 Å². The Morgan fingerprint density at radius 1 is 1.18 bits per heavy atom. The second-order valence-electron chi connectivity index (χ2n) is 4.42. The zero-order valence-corrected chi connectivity index (χ0v) is 12.1. The summed E-state index contributed by atoms with van der Waals surface area (Å²) in [5.74, 6) is 0.253. The number of amides is 1. The van der Waals surface area contributed by atoms with Crippen LogP contribution in [0.5, 0.6) is 5.75 Å². The highest BCUT2D eigenvalue weighted by molar-refractivity contribution is 6.05. The topological polar surface area (TPSA) is 93.5 Å². The van der Waals surface area contributed by atoms with Crippen molar-refractivity contribution in [2.24, 2.45) is 0 Å². The quantitative estimate of drug-likeness (QED) is 0.654. The Morgan fingerprint density at radius 2 is 1.86 bits per heavy atom. The molecule has 0 radical (unpaired) electrons. The predicted molar refractivity (Wildman–Crippen MR) is 83.6 cm³/mol. The zero-order chi connectivity index (χ0) is 16.1. The summed E-state index contributed by atoms with van der Waals surface area (Å²) in [7, 11) is 3.13. The largest absolute Gasteiger partial charge is 0.497 e. The molecule has 1 amide bonds. The number of nitro groups is 1. The molecule has 0 aliphatic rings. The van der Waals surface area contributed by atoms with Gasteiger partial charge in [0, 0.05) is 24.4 Å². The Bertz CT molecular complexity index is 698. The van der Waals surface area contributed by atoms with Gasteiger partial charge in [-0.15, -0.1) is 0 Å². The molecule has 0 atom stereocenters. The molecule has 0 unspecified atom stereocenters. The van der Waals surface area contributed by atoms with Crippen LogP contribution in [0, 0.1) is 10.1 Å². The summed E-state index contributed by atoms with van der Waals surface area (Å²) in [6.45, 7) is 0. The number of carbonyl (C=O) groups is 1. The van der Waals surface area contributed by atoms with Gasteiger partial charge in [-0.1, -0.05) is 0 Å². The van der Waals surface area contributed by atoms with Gasteiger partial charge in [-0.3, -0.25) is 14.9 Å². The van der Waals surface area contributed by atoms with Crippen LogP contribution in [0.2, 0.25) is 0 Å². The van der Waals surface area contributed by atoms with Crippen molar-refractivity contribution in [3.8, 4) is 5.75 Å². The minimum absolute atomic E-state index is 0.148. The molecule has 2 aromatic carbocycles. The van der Waals surface area contributed by atoms with E-state index >= 15 is 0 Å². The summed E-state index contributed by atoms with van der Waals surface area (Å²) in [5.41, 5.74) is 0.989. The van der Waals surface area contributed by atoms with E-state index in [-0.39, 0.29) is 11.3 Å². The van der Waals surface area contributed by atoms with Crippen LogP contribution >= 0.6 is 0 Å². The molecule has 2 N–H and O–H groups in total. The number of benzene rings is 2. The monoisotopic (exact) mass is 301 g/mol. The Kier molecular flexibility index (Phi) is 4.57. The molecule has 0 heterocycles. The Hall–Kier alpha value is -3.09. The van der Waals surface area contributed by atoms with Crippen molar-refractivity contribution in [1.29, 1.82) is 0 Å². The lowest BCUT2D eigenvalue weighted by Gasteiger charge is -2.08. The molecule has 7 nitrogen and oxygen atoms in total. The number of anilines is 2. The highest BCUT2D eigenvalue weighted by Crippen LogP contribution is 2.25. The Morgan fingerprint density at radius 3 is 2.41 bits per heavy atom. The molecule has 2 rings (SSSR count). The number of hydrogen-bond donors (Lipinski definition) is 2. The molecule has 0 aromatic heterocycles. The van der Waals surface area contributed by atoms with Crippen molar-refractivity contribution in [3.05, 3.63) is 58.1 Å². The minimum Gasteiger partial charge on any atom is -0.497 e. The number of nitrogens with one attached hydrogen (secondary N) is 2. The standard InChI is InChI=1S/C15H15N3O4/c1-16-13-8-3-10(9-14(13)18(20)21)15(19)17-11-4-6-12(22-2)7-5-11/h3-9,16H,1-2H3,(H,17,19). The third-order valence-corrected chi connectivity index (χ3v) is 3.07. The highest BCUT2D eigenvalue weighted by atomic mass is 16.6. The molecule has 0 bridgehead atoms. The van der Waals surface area contributed by atoms with E-state index in [4.69, 9.17) is 4.74 Å². The van der Waals surface area contributed by atoms with E-state index in [0.717, 1.165) is 0 Å². The predicted octanol–water partition coefficient (Wildman–Crippen LogP) is 2.90. The van der Waals surface area contributed by atoms with E-state index in [0.29, 0.717) is 17.1 Å². The molecule has 22 heavy (non-hydrogen) atoms. The molecule has 0 saturated heterocycles. The molecule has 0 fully saturated rings. The average molecular weight is 301 g/mol. The summed E-state index contributed by atoms with van der Waals surface area (Å²) < 4.78 is 5.03. The summed E-state index contributed by atoms with van der Waals surface area (Å²) >= 11 is 0. The third-order valence-electron chi connectivity index (χ3n) is 3.07. The van der Waals surface area contributed by atoms with Crippen molar-refractivity contribution in [2.75, 3.05) is 24.8 Å². The number of ether oxygens (including phenoxy) is 1. The van der Waals surface area contributed by atoms with E-state index in [9.17, 15) is 14.9 Å². The summed E-state index contributed by atoms with van der Waals surface area (Å²) in [6, 6.07) is 11.1. The van der Waals surface area contributed by atoms with Crippen molar-refractivity contribution >= 4 is 23.0 Å². The van der Waals surface area contributed by atoms with Gasteiger partial charge < -0.3 is 15.4 Å². The first-order chi connectivity index (χ1) is 10.5. The van der Waals surface area contributed by atoms with Crippen molar-refractivity contribution in [3.63, 3.8) is 0 Å². The Balaban J connectivity index is 2.21. The molecule has 0 aliphatic heterocycles. The van der Waals surface area contributed by atoms with Gasteiger partial charge in [0.15, 0.2) is 0 Å². The maximum Gasteiger partial charge on any atom is 0.293 e. The third kappa shape index (κ3) is 3.32. The highest BCUT2D eigenvalue weighted by Gasteiger charge is 2.16. The molecule has 2 aromatic rings. The van der Waals surface area contributed by atoms with Gasteiger partial charge in [0.05, 0.1) is 12.0 Å². The van der Waals surface area contributed by atoms with Crippen LogP contribution in [0.15, 0.2) is 42.5 Å². The van der Waals surface area contributed by atoms with Crippen molar-refractivity contribution in [2.45, 2.75) is 0 Å². The number of nitrogens with zero attached hydrogens (tertiary/aromatic N) is 1. The van der Waals surface area contributed by atoms with Crippen LogP contribution in [0.25, 0.3) is 0 Å². The van der Waals surface area contributed by atoms with Crippen LogP contribution in [-0.4, -0.2) is 25.0 Å². The van der Waals surface area contributed by atoms with Gasteiger partial charge in [0.1, 0.15) is 11.4 Å². The van der Waals surface area contributed by atoms with E-state index in [2.05, 4.69) is 10.6 Å². The first kappa shape index (κ1) is 15.3. The van der Waals surface area contributed by atoms with Gasteiger partial charge in [-0.05, 0) is 36.4 Å². The van der Waals surface area contributed by atoms with Crippen molar-refractivity contribution in [1.82, 2.24) is 0 Å². The van der Waals surface area contributed by atoms with Crippen LogP contribution < -0.4 is 15.4 Å². The molecule has 0 spiro atoms. The summed E-state index contributed by atoms with van der Waals surface area (Å²) in [6.07, 6.45) is 0. The van der Waals surface area contributed by atoms with Crippen LogP contribution in [0.3, 0.4) is 0 Å². The van der Waals surface area contributed by atoms with Gasteiger partial charge in [0.25, 0.3) is 11.6 Å². The minimum atomic E-state index is -0.532. The molecule has 0 saturated carbocycles.